The average Bonchev–Trinajstić information content (AvgIpc) is 3.19. The summed E-state index contributed by atoms with van der Waals surface area (Å²) in [6.45, 7) is 7.14. The van der Waals surface area contributed by atoms with Crippen LogP contribution in [0.1, 0.15) is 19.4 Å². The highest BCUT2D eigenvalue weighted by Crippen LogP contribution is 2.27. The second-order valence-electron chi connectivity index (χ2n) is 6.65. The third-order valence-corrected chi connectivity index (χ3v) is 5.07. The fourth-order valence-electron chi connectivity index (χ4n) is 3.07. The number of hydrogen-bond acceptors (Lipinski definition) is 5. The number of anilines is 1. The van der Waals surface area contributed by atoms with Gasteiger partial charge in [0.2, 0.25) is 5.95 Å². The van der Waals surface area contributed by atoms with E-state index in [0.29, 0.717) is 6.54 Å². The van der Waals surface area contributed by atoms with E-state index in [1.54, 1.807) is 0 Å². The molecule has 3 aromatic rings. The van der Waals surface area contributed by atoms with E-state index in [0.717, 1.165) is 31.8 Å². The predicted octanol–water partition coefficient (Wildman–Crippen LogP) is 4.44. The molecule has 0 saturated carbocycles. The van der Waals surface area contributed by atoms with Crippen molar-refractivity contribution < 1.29 is 18.4 Å². The zero-order valence-electron chi connectivity index (χ0n) is 16.9. The molecule has 0 aliphatic heterocycles. The summed E-state index contributed by atoms with van der Waals surface area (Å²) in [7, 11) is 0. The molecule has 0 aliphatic carbocycles. The summed E-state index contributed by atoms with van der Waals surface area (Å²) in [5, 5.41) is 12.5. The summed E-state index contributed by atoms with van der Waals surface area (Å²) in [6, 6.07) is 4.54. The minimum absolute atomic E-state index is 0.0288. The third kappa shape index (κ3) is 5.09. The number of aliphatic imine (C=N–C) groups is 1. The highest BCUT2D eigenvalue weighted by Gasteiger charge is 2.20. The predicted molar refractivity (Wildman–Crippen MR) is 115 cm³/mol. The van der Waals surface area contributed by atoms with Gasteiger partial charge >= 0.3 is 0 Å². The Morgan fingerprint density at radius 3 is 2.58 bits per heavy atom. The molecule has 166 valence electrons. The van der Waals surface area contributed by atoms with E-state index in [-0.39, 0.29) is 39.1 Å². The van der Waals surface area contributed by atoms with Gasteiger partial charge in [-0.15, -0.1) is 0 Å². The van der Waals surface area contributed by atoms with E-state index in [9.17, 15) is 18.4 Å². The Labute approximate surface area is 181 Å². The van der Waals surface area contributed by atoms with Gasteiger partial charge in [0.05, 0.1) is 16.2 Å². The molecule has 11 heteroatoms. The number of amidine groups is 1. The average molecular weight is 455 g/mol. The Hall–Kier alpha value is -2.82. The normalized spacial score (nSPS) is 12.1. The largest absolute Gasteiger partial charge is 0.355 e. The lowest BCUT2D eigenvalue weighted by Gasteiger charge is -2.17. The van der Waals surface area contributed by atoms with E-state index in [1.807, 2.05) is 19.3 Å². The molecule has 0 amide bonds. The van der Waals surface area contributed by atoms with Gasteiger partial charge in [0, 0.05) is 18.7 Å². The van der Waals surface area contributed by atoms with Crippen molar-refractivity contribution in [2.45, 2.75) is 13.8 Å². The molecule has 2 aromatic carbocycles. The minimum atomic E-state index is -1.16. The number of hydrogen-bond donors (Lipinski definition) is 4. The van der Waals surface area contributed by atoms with Gasteiger partial charge in [-0.25, -0.2) is 23.1 Å². The zero-order valence-corrected chi connectivity index (χ0v) is 17.7. The number of fused-ring (bicyclic) bond motifs is 1. The van der Waals surface area contributed by atoms with Crippen molar-refractivity contribution in [3.8, 4) is 0 Å². The molecule has 4 N–H and O–H groups in total. The lowest BCUT2D eigenvalue weighted by atomic mass is 10.1. The SMILES string of the molecule is CCN(CC)CCNc1nc2c(F)c(F)cc(C(=Nc3ccc(F)c(Cl)c3)NO)c2[nH]1. The van der Waals surface area contributed by atoms with Crippen LogP contribution in [0.15, 0.2) is 29.3 Å². The van der Waals surface area contributed by atoms with E-state index in [4.69, 9.17) is 11.6 Å². The standard InChI is InChI=1S/C20H22ClF3N6O/c1-3-30(4-2)8-7-25-20-27-17-12(10-15(23)16(24)18(17)28-20)19(29-31)26-11-5-6-14(22)13(21)9-11/h5-6,9-10,31H,3-4,7-8H2,1-2H3,(H,26,29)(H2,25,27,28). The van der Waals surface area contributed by atoms with Gasteiger partial charge in [-0.2, -0.15) is 0 Å². The molecular formula is C20H22ClF3N6O. The van der Waals surface area contributed by atoms with Gasteiger partial charge in [0.25, 0.3) is 0 Å². The van der Waals surface area contributed by atoms with Crippen LogP contribution in [-0.4, -0.2) is 52.1 Å². The van der Waals surface area contributed by atoms with Crippen LogP contribution in [0.5, 0.6) is 0 Å². The van der Waals surface area contributed by atoms with Crippen molar-refractivity contribution >= 4 is 40.1 Å². The van der Waals surface area contributed by atoms with Crippen molar-refractivity contribution in [2.75, 3.05) is 31.5 Å². The van der Waals surface area contributed by atoms with E-state index in [1.165, 1.54) is 12.1 Å². The van der Waals surface area contributed by atoms with Gasteiger partial charge in [-0.3, -0.25) is 10.7 Å². The number of hydroxylamine groups is 1. The monoisotopic (exact) mass is 454 g/mol. The number of aromatic amines is 1. The molecule has 7 nitrogen and oxygen atoms in total. The molecule has 0 radical (unpaired) electrons. The summed E-state index contributed by atoms with van der Waals surface area (Å²) in [6.07, 6.45) is 0. The third-order valence-electron chi connectivity index (χ3n) is 4.78. The van der Waals surface area contributed by atoms with E-state index < -0.39 is 17.5 Å². The van der Waals surface area contributed by atoms with Gasteiger partial charge in [0.15, 0.2) is 17.5 Å². The summed E-state index contributed by atoms with van der Waals surface area (Å²) in [5.74, 6) is -2.89. The van der Waals surface area contributed by atoms with Crippen LogP contribution in [0.2, 0.25) is 5.02 Å². The molecule has 1 heterocycles. The molecule has 0 fully saturated rings. The molecule has 0 saturated heterocycles. The molecule has 3 rings (SSSR count). The Morgan fingerprint density at radius 2 is 1.94 bits per heavy atom. The summed E-state index contributed by atoms with van der Waals surface area (Å²) < 4.78 is 42.0. The Balaban J connectivity index is 1.98. The molecule has 1 aromatic heterocycles. The molecule has 0 spiro atoms. The van der Waals surface area contributed by atoms with Crippen LogP contribution in [-0.2, 0) is 0 Å². The fraction of sp³-hybridized carbons (Fsp3) is 0.300. The van der Waals surface area contributed by atoms with Crippen LogP contribution >= 0.6 is 11.6 Å². The fourth-order valence-corrected chi connectivity index (χ4v) is 3.25. The number of halogens is 4. The molecule has 0 bridgehead atoms. The molecule has 0 atom stereocenters. The molecular weight excluding hydrogens is 433 g/mol. The lowest BCUT2D eigenvalue weighted by molar-refractivity contribution is 0.235. The van der Waals surface area contributed by atoms with Crippen molar-refractivity contribution in [1.82, 2.24) is 20.3 Å². The van der Waals surface area contributed by atoms with Crippen molar-refractivity contribution in [3.63, 3.8) is 0 Å². The number of imidazole rings is 1. The molecule has 0 aliphatic rings. The van der Waals surface area contributed by atoms with Crippen molar-refractivity contribution in [1.29, 1.82) is 0 Å². The van der Waals surface area contributed by atoms with Gasteiger partial charge < -0.3 is 15.2 Å². The number of benzene rings is 2. The maximum atomic E-state index is 14.4. The smallest absolute Gasteiger partial charge is 0.201 e. The van der Waals surface area contributed by atoms with Crippen LogP contribution in [0.25, 0.3) is 11.0 Å². The first kappa shape index (κ1) is 22.9. The highest BCUT2D eigenvalue weighted by atomic mass is 35.5. The van der Waals surface area contributed by atoms with E-state index in [2.05, 4.69) is 25.2 Å². The van der Waals surface area contributed by atoms with Crippen LogP contribution in [0.3, 0.4) is 0 Å². The number of likely N-dealkylation sites (N-methyl/N-ethyl adjacent to an activating group) is 1. The Kier molecular flexibility index (Phi) is 7.37. The number of rotatable bonds is 8. The summed E-state index contributed by atoms with van der Waals surface area (Å²) in [4.78, 5) is 13.3. The number of nitrogens with zero attached hydrogens (tertiary/aromatic N) is 3. The van der Waals surface area contributed by atoms with Crippen molar-refractivity contribution in [3.05, 3.63) is 52.3 Å². The van der Waals surface area contributed by atoms with Gasteiger partial charge in [-0.1, -0.05) is 25.4 Å². The molecule has 31 heavy (non-hydrogen) atoms. The summed E-state index contributed by atoms with van der Waals surface area (Å²) >= 11 is 5.76. The Bertz CT molecular complexity index is 1100. The second-order valence-corrected chi connectivity index (χ2v) is 7.06. The van der Waals surface area contributed by atoms with Crippen LogP contribution in [0, 0.1) is 17.5 Å². The highest BCUT2D eigenvalue weighted by molar-refractivity contribution is 6.31. The molecule has 0 unspecified atom stereocenters. The first-order valence-corrected chi connectivity index (χ1v) is 10.0. The zero-order chi connectivity index (χ0) is 22.5. The van der Waals surface area contributed by atoms with E-state index >= 15 is 0 Å². The quantitative estimate of drug-likeness (QED) is 0.229. The Morgan fingerprint density at radius 1 is 1.19 bits per heavy atom. The topological polar surface area (TPSA) is 88.6 Å². The maximum Gasteiger partial charge on any atom is 0.201 e. The lowest BCUT2D eigenvalue weighted by Crippen LogP contribution is -2.28. The number of aromatic nitrogens is 2. The second kappa shape index (κ2) is 9.99. The first-order valence-electron chi connectivity index (χ1n) is 9.66. The number of nitrogens with one attached hydrogen (secondary N) is 3. The minimum Gasteiger partial charge on any atom is -0.355 e. The van der Waals surface area contributed by atoms with Crippen LogP contribution in [0.4, 0.5) is 24.8 Å². The number of H-pyrrole nitrogens is 1. The van der Waals surface area contributed by atoms with Crippen LogP contribution < -0.4 is 10.8 Å². The van der Waals surface area contributed by atoms with Gasteiger partial charge in [0.1, 0.15) is 11.3 Å². The maximum absolute atomic E-state index is 14.4. The van der Waals surface area contributed by atoms with Crippen molar-refractivity contribution in [2.24, 2.45) is 4.99 Å². The first-order chi connectivity index (χ1) is 14.9. The van der Waals surface area contributed by atoms with Gasteiger partial charge in [-0.05, 0) is 37.4 Å². The summed E-state index contributed by atoms with van der Waals surface area (Å²) in [5.41, 5.74) is 1.97.